The summed E-state index contributed by atoms with van der Waals surface area (Å²) >= 11 is 0. The molecule has 1 aromatic carbocycles. The Hall–Kier alpha value is -1.06. The molecule has 3 nitrogen and oxygen atoms in total. The fourth-order valence-corrected chi connectivity index (χ4v) is 1.35. The number of methoxy groups -OCH3 is 1. The lowest BCUT2D eigenvalue weighted by Crippen LogP contribution is -1.99. The lowest BCUT2D eigenvalue weighted by Gasteiger charge is -2.12. The molecule has 1 aromatic rings. The van der Waals surface area contributed by atoms with Crippen LogP contribution in [0.15, 0.2) is 12.1 Å². The minimum Gasteiger partial charge on any atom is -0.496 e. The highest BCUT2D eigenvalue weighted by Gasteiger charge is 2.09. The maximum absolute atomic E-state index is 9.09. The van der Waals surface area contributed by atoms with E-state index in [0.29, 0.717) is 11.3 Å². The van der Waals surface area contributed by atoms with Gasteiger partial charge >= 0.3 is 0 Å². The molecule has 1 rings (SSSR count). The summed E-state index contributed by atoms with van der Waals surface area (Å²) in [5, 5.41) is 18.1. The van der Waals surface area contributed by atoms with Crippen molar-refractivity contribution in [2.75, 3.05) is 7.11 Å². The van der Waals surface area contributed by atoms with Crippen molar-refractivity contribution in [1.82, 2.24) is 0 Å². The third-order valence-electron chi connectivity index (χ3n) is 2.11. The van der Waals surface area contributed by atoms with Crippen molar-refractivity contribution in [2.45, 2.75) is 20.1 Å². The third-order valence-corrected chi connectivity index (χ3v) is 2.11. The van der Waals surface area contributed by atoms with Gasteiger partial charge in [0.15, 0.2) is 0 Å². The Morgan fingerprint density at radius 3 is 2.38 bits per heavy atom. The van der Waals surface area contributed by atoms with Crippen molar-refractivity contribution in [3.05, 3.63) is 28.8 Å². The van der Waals surface area contributed by atoms with Crippen molar-refractivity contribution < 1.29 is 14.9 Å². The Morgan fingerprint density at radius 1 is 1.23 bits per heavy atom. The lowest BCUT2D eigenvalue weighted by molar-refractivity contribution is 0.260. The van der Waals surface area contributed by atoms with E-state index in [4.69, 9.17) is 14.9 Å². The average Bonchev–Trinajstić information content (AvgIpc) is 2.17. The zero-order valence-corrected chi connectivity index (χ0v) is 7.87. The maximum Gasteiger partial charge on any atom is 0.130 e. The summed E-state index contributed by atoms with van der Waals surface area (Å²) < 4.78 is 5.12. The molecule has 0 atom stereocenters. The summed E-state index contributed by atoms with van der Waals surface area (Å²) in [6.45, 7) is 1.76. The first-order valence-electron chi connectivity index (χ1n) is 4.11. The number of hydrogen-bond acceptors (Lipinski definition) is 3. The zero-order valence-electron chi connectivity index (χ0n) is 7.87. The van der Waals surface area contributed by atoms with Gasteiger partial charge in [0.2, 0.25) is 0 Å². The number of benzene rings is 1. The molecule has 0 aliphatic heterocycles. The van der Waals surface area contributed by atoms with Gasteiger partial charge in [0.05, 0.1) is 20.3 Å². The molecule has 0 saturated carbocycles. The van der Waals surface area contributed by atoms with E-state index >= 15 is 0 Å². The van der Waals surface area contributed by atoms with Gasteiger partial charge in [0, 0.05) is 11.1 Å². The van der Waals surface area contributed by atoms with Gasteiger partial charge in [-0.25, -0.2) is 0 Å². The van der Waals surface area contributed by atoms with Crippen LogP contribution in [0.25, 0.3) is 0 Å². The van der Waals surface area contributed by atoms with Gasteiger partial charge < -0.3 is 14.9 Å². The number of aryl methyl sites for hydroxylation is 1. The number of aliphatic hydroxyl groups is 2. The van der Waals surface area contributed by atoms with Crippen molar-refractivity contribution in [1.29, 1.82) is 0 Å². The van der Waals surface area contributed by atoms with Gasteiger partial charge in [0.1, 0.15) is 5.75 Å². The summed E-state index contributed by atoms with van der Waals surface area (Å²) in [5.41, 5.74) is 2.42. The molecule has 13 heavy (non-hydrogen) atoms. The Balaban J connectivity index is 3.27. The van der Waals surface area contributed by atoms with Crippen LogP contribution in [0.2, 0.25) is 0 Å². The minimum absolute atomic E-state index is 0.0666. The third kappa shape index (κ3) is 1.82. The van der Waals surface area contributed by atoms with E-state index in [9.17, 15) is 0 Å². The molecule has 0 aromatic heterocycles. The second-order valence-corrected chi connectivity index (χ2v) is 2.87. The van der Waals surface area contributed by atoms with Crippen LogP contribution in [0.3, 0.4) is 0 Å². The summed E-state index contributed by atoms with van der Waals surface area (Å²) in [7, 11) is 1.53. The fraction of sp³-hybridized carbons (Fsp3) is 0.400. The van der Waals surface area contributed by atoms with Crippen LogP contribution in [-0.2, 0) is 13.2 Å². The molecule has 0 aliphatic carbocycles. The quantitative estimate of drug-likeness (QED) is 0.732. The van der Waals surface area contributed by atoms with Gasteiger partial charge in [-0.05, 0) is 12.5 Å². The van der Waals surface area contributed by atoms with E-state index < -0.39 is 0 Å². The van der Waals surface area contributed by atoms with Crippen LogP contribution >= 0.6 is 0 Å². The van der Waals surface area contributed by atoms with Crippen molar-refractivity contribution in [3.63, 3.8) is 0 Å². The van der Waals surface area contributed by atoms with Crippen LogP contribution in [0, 0.1) is 6.92 Å². The Labute approximate surface area is 77.6 Å². The van der Waals surface area contributed by atoms with Gasteiger partial charge in [-0.3, -0.25) is 0 Å². The average molecular weight is 182 g/mol. The Kier molecular flexibility index (Phi) is 3.28. The molecule has 3 heteroatoms. The molecule has 0 fully saturated rings. The van der Waals surface area contributed by atoms with Gasteiger partial charge in [0.25, 0.3) is 0 Å². The fourth-order valence-electron chi connectivity index (χ4n) is 1.35. The molecule has 0 spiro atoms. The highest BCUT2D eigenvalue weighted by atomic mass is 16.5. The highest BCUT2D eigenvalue weighted by Crippen LogP contribution is 2.26. The van der Waals surface area contributed by atoms with Crippen molar-refractivity contribution >= 4 is 0 Å². The van der Waals surface area contributed by atoms with Crippen LogP contribution < -0.4 is 4.74 Å². The van der Waals surface area contributed by atoms with Gasteiger partial charge in [-0.15, -0.1) is 0 Å². The lowest BCUT2D eigenvalue weighted by atomic mass is 10.0. The predicted octanol–water partition coefficient (Wildman–Crippen LogP) is 0.988. The first kappa shape index (κ1) is 10.0. The van der Waals surface area contributed by atoms with E-state index in [0.717, 1.165) is 11.1 Å². The Bertz CT molecular complexity index is 294. The monoisotopic (exact) mass is 182 g/mol. The molecule has 72 valence electrons. The van der Waals surface area contributed by atoms with Gasteiger partial charge in [-0.2, -0.15) is 0 Å². The van der Waals surface area contributed by atoms with Gasteiger partial charge in [-0.1, -0.05) is 12.1 Å². The van der Waals surface area contributed by atoms with E-state index in [1.165, 1.54) is 7.11 Å². The first-order chi connectivity index (χ1) is 6.24. The highest BCUT2D eigenvalue weighted by molar-refractivity contribution is 5.45. The summed E-state index contributed by atoms with van der Waals surface area (Å²) in [6, 6.07) is 3.66. The smallest absolute Gasteiger partial charge is 0.130 e. The molecule has 0 bridgehead atoms. The van der Waals surface area contributed by atoms with Crippen molar-refractivity contribution in [3.8, 4) is 5.75 Å². The molecule has 0 amide bonds. The molecular weight excluding hydrogens is 168 g/mol. The molecule has 0 aliphatic rings. The molecular formula is C10H14O3. The largest absolute Gasteiger partial charge is 0.496 e. The van der Waals surface area contributed by atoms with E-state index in [2.05, 4.69) is 0 Å². The standard InChI is InChI=1S/C10H14O3/c1-7-3-4-8(5-11)10(13-2)9(7)6-12/h3-4,11-12H,5-6H2,1-2H3. The SMILES string of the molecule is COc1c(CO)ccc(C)c1CO. The number of ether oxygens (including phenoxy) is 1. The van der Waals surface area contributed by atoms with E-state index in [1.807, 2.05) is 13.0 Å². The molecule has 0 radical (unpaired) electrons. The second-order valence-electron chi connectivity index (χ2n) is 2.87. The molecule has 0 heterocycles. The summed E-state index contributed by atoms with van der Waals surface area (Å²) in [6.07, 6.45) is 0. The van der Waals surface area contributed by atoms with Crippen LogP contribution in [0.5, 0.6) is 5.75 Å². The predicted molar refractivity (Wildman–Crippen MR) is 49.6 cm³/mol. The normalized spacial score (nSPS) is 10.2. The summed E-state index contributed by atoms with van der Waals surface area (Å²) in [5.74, 6) is 0.588. The minimum atomic E-state index is -0.0730. The number of hydrogen-bond donors (Lipinski definition) is 2. The van der Waals surface area contributed by atoms with Crippen LogP contribution in [-0.4, -0.2) is 17.3 Å². The second kappa shape index (κ2) is 4.25. The first-order valence-corrected chi connectivity index (χ1v) is 4.11. The van der Waals surface area contributed by atoms with Crippen LogP contribution in [0.4, 0.5) is 0 Å². The number of aliphatic hydroxyl groups excluding tert-OH is 2. The van der Waals surface area contributed by atoms with E-state index in [-0.39, 0.29) is 13.2 Å². The maximum atomic E-state index is 9.09. The zero-order chi connectivity index (χ0) is 9.84. The Morgan fingerprint density at radius 2 is 1.92 bits per heavy atom. The van der Waals surface area contributed by atoms with Crippen molar-refractivity contribution in [2.24, 2.45) is 0 Å². The molecule has 0 saturated heterocycles. The van der Waals surface area contributed by atoms with Crippen LogP contribution in [0.1, 0.15) is 16.7 Å². The van der Waals surface area contributed by atoms with E-state index in [1.54, 1.807) is 6.07 Å². The molecule has 0 unspecified atom stereocenters. The topological polar surface area (TPSA) is 49.7 Å². The number of rotatable bonds is 3. The molecule has 2 N–H and O–H groups in total. The summed E-state index contributed by atoms with van der Waals surface area (Å²) in [4.78, 5) is 0.